The minimum Gasteiger partial charge on any atom is -0.349 e. The predicted molar refractivity (Wildman–Crippen MR) is 103 cm³/mol. The average Bonchev–Trinajstić information content (AvgIpc) is 3.04. The number of carbonyl (C=O) groups is 1. The van der Waals surface area contributed by atoms with Crippen LogP contribution in [-0.2, 0) is 18.4 Å². The third-order valence-electron chi connectivity index (χ3n) is 4.74. The van der Waals surface area contributed by atoms with Gasteiger partial charge in [0.25, 0.3) is 5.56 Å². The van der Waals surface area contributed by atoms with Crippen molar-refractivity contribution >= 4 is 27.7 Å². The Bertz CT molecular complexity index is 1190. The lowest BCUT2D eigenvalue weighted by atomic mass is 10.2. The molecule has 27 heavy (non-hydrogen) atoms. The van der Waals surface area contributed by atoms with E-state index in [1.54, 1.807) is 30.9 Å². The van der Waals surface area contributed by atoms with Gasteiger partial charge in [-0.25, -0.2) is 4.68 Å². The van der Waals surface area contributed by atoms with Crippen LogP contribution in [0.2, 0.25) is 0 Å². The van der Waals surface area contributed by atoms with Crippen LogP contribution in [-0.4, -0.2) is 25.2 Å². The normalized spacial score (nSPS) is 12.4. The molecule has 1 atom stereocenters. The Labute approximate surface area is 155 Å². The van der Waals surface area contributed by atoms with Crippen molar-refractivity contribution in [1.82, 2.24) is 24.6 Å². The molecule has 0 radical (unpaired) electrons. The van der Waals surface area contributed by atoms with E-state index in [0.717, 1.165) is 22.0 Å². The Morgan fingerprint density at radius 2 is 1.93 bits per heavy atom. The SMILES string of the molecule is C[C@@H](C(=O)NCc1ccccn1)n1c2ccccc2c2cnn(C)c(=O)c21. The van der Waals surface area contributed by atoms with Crippen molar-refractivity contribution in [1.29, 1.82) is 0 Å². The van der Waals surface area contributed by atoms with Crippen LogP contribution in [0.1, 0.15) is 18.7 Å². The number of fused-ring (bicyclic) bond motifs is 3. The molecule has 0 aliphatic rings. The second-order valence-electron chi connectivity index (χ2n) is 6.44. The number of carbonyl (C=O) groups excluding carboxylic acids is 1. The molecule has 0 aliphatic heterocycles. The Hall–Kier alpha value is -3.48. The van der Waals surface area contributed by atoms with Crippen molar-refractivity contribution in [3.05, 3.63) is 70.9 Å². The fourth-order valence-electron chi connectivity index (χ4n) is 3.34. The third-order valence-corrected chi connectivity index (χ3v) is 4.74. The van der Waals surface area contributed by atoms with Crippen LogP contribution in [0, 0.1) is 0 Å². The number of nitrogens with zero attached hydrogens (tertiary/aromatic N) is 4. The Balaban J connectivity index is 1.78. The molecular formula is C20H19N5O2. The summed E-state index contributed by atoms with van der Waals surface area (Å²) in [4.78, 5) is 29.8. The molecule has 3 aromatic heterocycles. The second-order valence-corrected chi connectivity index (χ2v) is 6.44. The lowest BCUT2D eigenvalue weighted by Gasteiger charge is -2.16. The summed E-state index contributed by atoms with van der Waals surface area (Å²) in [6, 6.07) is 12.7. The molecule has 0 bridgehead atoms. The number of hydrogen-bond donors (Lipinski definition) is 1. The lowest BCUT2D eigenvalue weighted by Crippen LogP contribution is -2.32. The largest absolute Gasteiger partial charge is 0.349 e. The summed E-state index contributed by atoms with van der Waals surface area (Å²) >= 11 is 0. The van der Waals surface area contributed by atoms with E-state index in [0.29, 0.717) is 12.1 Å². The lowest BCUT2D eigenvalue weighted by molar-refractivity contribution is -0.123. The molecule has 0 saturated carbocycles. The molecule has 4 aromatic rings. The molecule has 1 amide bonds. The average molecular weight is 361 g/mol. The van der Waals surface area contributed by atoms with Crippen LogP contribution >= 0.6 is 0 Å². The topological polar surface area (TPSA) is 81.8 Å². The van der Waals surface area contributed by atoms with Crippen LogP contribution in [0.3, 0.4) is 0 Å². The first-order valence-electron chi connectivity index (χ1n) is 8.70. The van der Waals surface area contributed by atoms with Gasteiger partial charge in [-0.05, 0) is 25.1 Å². The number of pyridine rings is 1. The molecule has 0 fully saturated rings. The Morgan fingerprint density at radius 3 is 2.70 bits per heavy atom. The molecule has 136 valence electrons. The molecule has 0 unspecified atom stereocenters. The van der Waals surface area contributed by atoms with E-state index < -0.39 is 6.04 Å². The van der Waals surface area contributed by atoms with Gasteiger partial charge in [-0.2, -0.15) is 5.10 Å². The van der Waals surface area contributed by atoms with Gasteiger partial charge in [0.2, 0.25) is 5.91 Å². The van der Waals surface area contributed by atoms with Crippen molar-refractivity contribution < 1.29 is 4.79 Å². The summed E-state index contributed by atoms with van der Waals surface area (Å²) in [6.45, 7) is 2.13. The fourth-order valence-corrected chi connectivity index (χ4v) is 3.34. The highest BCUT2D eigenvalue weighted by Crippen LogP contribution is 2.29. The molecule has 0 spiro atoms. The van der Waals surface area contributed by atoms with E-state index >= 15 is 0 Å². The predicted octanol–water partition coefficient (Wildman–Crippen LogP) is 2.16. The first kappa shape index (κ1) is 17.0. The van der Waals surface area contributed by atoms with Gasteiger partial charge in [0, 0.05) is 24.0 Å². The number of benzene rings is 1. The number of para-hydroxylation sites is 1. The van der Waals surface area contributed by atoms with Crippen molar-refractivity contribution in [2.24, 2.45) is 7.05 Å². The number of nitrogens with one attached hydrogen (secondary N) is 1. The molecule has 0 saturated heterocycles. The minimum absolute atomic E-state index is 0.179. The van der Waals surface area contributed by atoms with Gasteiger partial charge in [-0.1, -0.05) is 24.3 Å². The zero-order valence-electron chi connectivity index (χ0n) is 15.1. The minimum atomic E-state index is -0.564. The fraction of sp³-hybridized carbons (Fsp3) is 0.200. The summed E-state index contributed by atoms with van der Waals surface area (Å²) in [7, 11) is 1.61. The van der Waals surface area contributed by atoms with Crippen LogP contribution in [0.5, 0.6) is 0 Å². The first-order valence-corrected chi connectivity index (χ1v) is 8.70. The zero-order chi connectivity index (χ0) is 19.0. The van der Waals surface area contributed by atoms with E-state index in [2.05, 4.69) is 15.4 Å². The van der Waals surface area contributed by atoms with Crippen molar-refractivity contribution in [2.45, 2.75) is 19.5 Å². The number of aromatic nitrogens is 4. The van der Waals surface area contributed by atoms with E-state index in [4.69, 9.17) is 0 Å². The number of amides is 1. The van der Waals surface area contributed by atoms with Crippen LogP contribution in [0.25, 0.3) is 21.8 Å². The molecular weight excluding hydrogens is 342 g/mol. The number of hydrogen-bond acceptors (Lipinski definition) is 4. The second kappa shape index (κ2) is 6.68. The maximum Gasteiger partial charge on any atom is 0.291 e. The van der Waals surface area contributed by atoms with Gasteiger partial charge in [0.05, 0.1) is 24.0 Å². The van der Waals surface area contributed by atoms with Crippen LogP contribution < -0.4 is 10.9 Å². The molecule has 3 heterocycles. The van der Waals surface area contributed by atoms with Crippen molar-refractivity contribution in [3.8, 4) is 0 Å². The molecule has 7 heteroatoms. The van der Waals surface area contributed by atoms with Crippen molar-refractivity contribution in [2.75, 3.05) is 0 Å². The first-order chi connectivity index (χ1) is 13.1. The monoisotopic (exact) mass is 361 g/mol. The molecule has 1 N–H and O–H groups in total. The summed E-state index contributed by atoms with van der Waals surface area (Å²) in [5.41, 5.74) is 1.86. The number of aryl methyl sites for hydroxylation is 1. The van der Waals surface area contributed by atoms with E-state index in [1.165, 1.54) is 4.68 Å². The highest BCUT2D eigenvalue weighted by atomic mass is 16.2. The molecule has 4 rings (SSSR count). The smallest absolute Gasteiger partial charge is 0.291 e. The summed E-state index contributed by atoms with van der Waals surface area (Å²) in [6.07, 6.45) is 3.36. The number of rotatable bonds is 4. The van der Waals surface area contributed by atoms with Gasteiger partial charge >= 0.3 is 0 Å². The molecule has 7 nitrogen and oxygen atoms in total. The van der Waals surface area contributed by atoms with Gasteiger partial charge in [0.15, 0.2) is 0 Å². The third kappa shape index (κ3) is 2.87. The maximum absolute atomic E-state index is 12.8. The van der Waals surface area contributed by atoms with E-state index in [9.17, 15) is 9.59 Å². The summed E-state index contributed by atoms with van der Waals surface area (Å²) in [5.74, 6) is -0.179. The highest BCUT2D eigenvalue weighted by molar-refractivity contribution is 6.08. The zero-order valence-corrected chi connectivity index (χ0v) is 15.1. The molecule has 0 aliphatic carbocycles. The van der Waals surface area contributed by atoms with Crippen LogP contribution in [0.4, 0.5) is 0 Å². The van der Waals surface area contributed by atoms with Gasteiger partial charge in [-0.15, -0.1) is 0 Å². The van der Waals surface area contributed by atoms with E-state index in [1.807, 2.05) is 42.5 Å². The Morgan fingerprint density at radius 1 is 1.15 bits per heavy atom. The summed E-state index contributed by atoms with van der Waals surface area (Å²) < 4.78 is 3.08. The Kier molecular flexibility index (Phi) is 4.19. The van der Waals surface area contributed by atoms with Gasteiger partial charge < -0.3 is 9.88 Å². The van der Waals surface area contributed by atoms with Crippen molar-refractivity contribution in [3.63, 3.8) is 0 Å². The van der Waals surface area contributed by atoms with Gasteiger partial charge in [-0.3, -0.25) is 14.6 Å². The van der Waals surface area contributed by atoms with Crippen LogP contribution in [0.15, 0.2) is 59.7 Å². The van der Waals surface area contributed by atoms with E-state index in [-0.39, 0.29) is 11.5 Å². The standard InChI is InChI=1S/C20H19N5O2/c1-13(19(26)22-11-14-7-5-6-10-21-14)25-17-9-4-3-8-15(17)16-12-23-24(2)20(27)18(16)25/h3-10,12-13H,11H2,1-2H3,(H,22,26)/t13-/m0/s1. The molecule has 1 aromatic carbocycles. The highest BCUT2D eigenvalue weighted by Gasteiger charge is 2.23. The quantitative estimate of drug-likeness (QED) is 0.604. The summed E-state index contributed by atoms with van der Waals surface area (Å²) in [5, 5.41) is 8.69. The van der Waals surface area contributed by atoms with Gasteiger partial charge in [0.1, 0.15) is 11.6 Å². The maximum atomic E-state index is 12.8.